The lowest BCUT2D eigenvalue weighted by molar-refractivity contribution is 0.745. The first-order valence-electron chi connectivity index (χ1n) is 5.50. The van der Waals surface area contributed by atoms with Crippen molar-refractivity contribution in [2.24, 2.45) is 0 Å². The molecule has 0 radical (unpaired) electrons. The normalized spacial score (nSPS) is 12.0. The summed E-state index contributed by atoms with van der Waals surface area (Å²) < 4.78 is 1.94. The topological polar surface area (TPSA) is 55.1 Å². The summed E-state index contributed by atoms with van der Waals surface area (Å²) in [5.41, 5.74) is 0.775. The highest BCUT2D eigenvalue weighted by Crippen LogP contribution is 2.21. The third-order valence-corrected chi connectivity index (χ3v) is 3.92. The van der Waals surface area contributed by atoms with Crippen molar-refractivity contribution in [3.8, 4) is 0 Å². The van der Waals surface area contributed by atoms with Gasteiger partial charge in [-0.15, -0.1) is 15.3 Å². The van der Waals surface area contributed by atoms with Gasteiger partial charge in [-0.1, -0.05) is 0 Å². The molecule has 2 aromatic rings. The van der Waals surface area contributed by atoms with Gasteiger partial charge in [-0.25, -0.2) is 0 Å². The molecule has 0 aliphatic carbocycles. The molecule has 0 aromatic carbocycles. The Balaban J connectivity index is 2.16. The van der Waals surface area contributed by atoms with Crippen molar-refractivity contribution in [3.63, 3.8) is 0 Å². The van der Waals surface area contributed by atoms with E-state index in [9.17, 15) is 0 Å². The van der Waals surface area contributed by atoms with Crippen LogP contribution < -0.4 is 5.32 Å². The van der Waals surface area contributed by atoms with Gasteiger partial charge >= 0.3 is 0 Å². The fraction of sp³-hybridized carbons (Fsp3) is 0.545. The zero-order chi connectivity index (χ0) is 12.5. The number of aromatic nitrogens is 4. The number of hydrogen-bond acceptors (Lipinski definition) is 5. The van der Waals surface area contributed by atoms with Gasteiger partial charge in [0.1, 0.15) is 5.82 Å². The van der Waals surface area contributed by atoms with Crippen LogP contribution >= 0.6 is 11.8 Å². The van der Waals surface area contributed by atoms with Crippen molar-refractivity contribution in [2.45, 2.75) is 25.5 Å². The zero-order valence-corrected chi connectivity index (χ0v) is 11.4. The molecule has 0 saturated carbocycles. The van der Waals surface area contributed by atoms with Gasteiger partial charge < -0.3 is 5.32 Å². The van der Waals surface area contributed by atoms with Crippen LogP contribution in [-0.2, 0) is 0 Å². The van der Waals surface area contributed by atoms with Gasteiger partial charge in [0.05, 0.1) is 0 Å². The number of fused-ring (bicyclic) bond motifs is 1. The fourth-order valence-corrected chi connectivity index (χ4v) is 1.58. The molecule has 0 aliphatic rings. The molecule has 92 valence electrons. The standard InChI is InChI=1S/C11H17N5S/c1-8-13-14-10-6-5-9(15-16(8)10)12-7-11(2,3)17-4/h5-6H,7H2,1-4H3,(H,12,15). The quantitative estimate of drug-likeness (QED) is 0.900. The Morgan fingerprint density at radius 2 is 2.12 bits per heavy atom. The summed E-state index contributed by atoms with van der Waals surface area (Å²) in [6, 6.07) is 3.85. The van der Waals surface area contributed by atoms with Crippen molar-refractivity contribution >= 4 is 23.2 Å². The van der Waals surface area contributed by atoms with Gasteiger partial charge in [0.15, 0.2) is 11.5 Å². The Morgan fingerprint density at radius 1 is 1.35 bits per heavy atom. The zero-order valence-electron chi connectivity index (χ0n) is 10.6. The van der Waals surface area contributed by atoms with Crippen LogP contribution in [0.2, 0.25) is 0 Å². The van der Waals surface area contributed by atoms with E-state index in [-0.39, 0.29) is 4.75 Å². The molecule has 0 saturated heterocycles. The van der Waals surface area contributed by atoms with Gasteiger partial charge in [0.25, 0.3) is 0 Å². The van der Waals surface area contributed by atoms with E-state index in [2.05, 4.69) is 40.7 Å². The smallest absolute Gasteiger partial charge is 0.178 e. The van der Waals surface area contributed by atoms with Crippen LogP contribution in [0.4, 0.5) is 5.82 Å². The van der Waals surface area contributed by atoms with Crippen molar-refractivity contribution < 1.29 is 0 Å². The van der Waals surface area contributed by atoms with Crippen LogP contribution in [0.15, 0.2) is 12.1 Å². The summed E-state index contributed by atoms with van der Waals surface area (Å²) in [5.74, 6) is 1.65. The summed E-state index contributed by atoms with van der Waals surface area (Å²) in [6.07, 6.45) is 2.11. The Morgan fingerprint density at radius 3 is 2.82 bits per heavy atom. The Labute approximate surface area is 105 Å². The number of rotatable bonds is 4. The van der Waals surface area contributed by atoms with E-state index in [0.717, 1.165) is 23.8 Å². The van der Waals surface area contributed by atoms with Gasteiger partial charge in [-0.2, -0.15) is 16.3 Å². The molecule has 2 rings (SSSR count). The van der Waals surface area contributed by atoms with Crippen LogP contribution in [0.5, 0.6) is 0 Å². The van der Waals surface area contributed by atoms with E-state index < -0.39 is 0 Å². The second-order valence-corrected chi connectivity index (χ2v) is 6.07. The monoisotopic (exact) mass is 251 g/mol. The highest BCUT2D eigenvalue weighted by atomic mass is 32.2. The lowest BCUT2D eigenvalue weighted by Gasteiger charge is -2.22. The Bertz CT molecular complexity index is 520. The summed E-state index contributed by atoms with van der Waals surface area (Å²) in [7, 11) is 0. The maximum absolute atomic E-state index is 4.44. The van der Waals surface area contributed by atoms with Crippen LogP contribution in [0, 0.1) is 6.92 Å². The van der Waals surface area contributed by atoms with E-state index in [0.29, 0.717) is 0 Å². The molecule has 0 bridgehead atoms. The highest BCUT2D eigenvalue weighted by Gasteiger charge is 2.15. The molecule has 0 amide bonds. The average Bonchev–Trinajstić information content (AvgIpc) is 2.69. The lowest BCUT2D eigenvalue weighted by atomic mass is 10.2. The van der Waals surface area contributed by atoms with Gasteiger partial charge in [0, 0.05) is 11.3 Å². The molecular formula is C11H17N5S. The van der Waals surface area contributed by atoms with Gasteiger partial charge in [-0.05, 0) is 39.2 Å². The number of nitrogens with zero attached hydrogens (tertiary/aromatic N) is 4. The number of hydrogen-bond donors (Lipinski definition) is 1. The molecule has 17 heavy (non-hydrogen) atoms. The number of thioether (sulfide) groups is 1. The second kappa shape index (κ2) is 4.52. The molecule has 5 nitrogen and oxygen atoms in total. The number of nitrogens with one attached hydrogen (secondary N) is 1. The largest absolute Gasteiger partial charge is 0.367 e. The van der Waals surface area contributed by atoms with Crippen LogP contribution in [-0.4, -0.2) is 37.4 Å². The first-order valence-corrected chi connectivity index (χ1v) is 6.72. The molecule has 2 heterocycles. The van der Waals surface area contributed by atoms with Gasteiger partial charge in [0.2, 0.25) is 0 Å². The van der Waals surface area contributed by atoms with Crippen molar-refractivity contribution in [1.29, 1.82) is 0 Å². The molecule has 1 N–H and O–H groups in total. The number of aryl methyl sites for hydroxylation is 1. The Hall–Kier alpha value is -1.30. The first kappa shape index (κ1) is 12.2. The van der Waals surface area contributed by atoms with Crippen LogP contribution in [0.3, 0.4) is 0 Å². The summed E-state index contributed by atoms with van der Waals surface area (Å²) in [5, 5.41) is 15.8. The molecule has 0 unspecified atom stereocenters. The van der Waals surface area contributed by atoms with Crippen LogP contribution in [0.25, 0.3) is 5.65 Å². The highest BCUT2D eigenvalue weighted by molar-refractivity contribution is 7.99. The SMILES string of the molecule is CSC(C)(C)CNc1ccc2nnc(C)n2n1. The van der Waals surface area contributed by atoms with E-state index in [1.165, 1.54) is 0 Å². The fourth-order valence-electron chi connectivity index (χ4n) is 1.37. The summed E-state index contributed by atoms with van der Waals surface area (Å²) in [6.45, 7) is 7.16. The third kappa shape index (κ3) is 2.69. The molecule has 0 aliphatic heterocycles. The van der Waals surface area contributed by atoms with Crippen molar-refractivity contribution in [3.05, 3.63) is 18.0 Å². The third-order valence-electron chi connectivity index (χ3n) is 2.67. The molecule has 6 heteroatoms. The molecule has 0 spiro atoms. The second-order valence-electron chi connectivity index (χ2n) is 4.55. The van der Waals surface area contributed by atoms with E-state index in [4.69, 9.17) is 0 Å². The van der Waals surface area contributed by atoms with E-state index in [1.807, 2.05) is 30.8 Å². The Kier molecular flexibility index (Phi) is 3.24. The van der Waals surface area contributed by atoms with Gasteiger partial charge in [-0.3, -0.25) is 0 Å². The lowest BCUT2D eigenvalue weighted by Crippen LogP contribution is -2.26. The minimum atomic E-state index is 0.193. The first-order chi connectivity index (χ1) is 8.02. The minimum absolute atomic E-state index is 0.193. The molecule has 0 atom stereocenters. The van der Waals surface area contributed by atoms with Crippen LogP contribution in [0.1, 0.15) is 19.7 Å². The van der Waals surface area contributed by atoms with E-state index in [1.54, 1.807) is 4.52 Å². The molecule has 2 aromatic heterocycles. The predicted octanol–water partition coefficient (Wildman–Crippen LogP) is 1.99. The van der Waals surface area contributed by atoms with Crippen molar-refractivity contribution in [1.82, 2.24) is 19.8 Å². The maximum Gasteiger partial charge on any atom is 0.178 e. The predicted molar refractivity (Wildman–Crippen MR) is 71.6 cm³/mol. The minimum Gasteiger partial charge on any atom is -0.367 e. The van der Waals surface area contributed by atoms with E-state index >= 15 is 0 Å². The average molecular weight is 251 g/mol. The summed E-state index contributed by atoms with van der Waals surface area (Å²) >= 11 is 1.83. The maximum atomic E-state index is 4.44. The summed E-state index contributed by atoms with van der Waals surface area (Å²) in [4.78, 5) is 0. The molecular weight excluding hydrogens is 234 g/mol. The number of anilines is 1. The molecule has 0 fully saturated rings. The van der Waals surface area contributed by atoms with Crippen molar-refractivity contribution in [2.75, 3.05) is 18.1 Å².